The van der Waals surface area contributed by atoms with Crippen molar-refractivity contribution in [1.29, 1.82) is 0 Å². The standard InChI is InChI=1S/C16H14N4/c1-12-17-15(13-8-4-2-5-9-13)20-16(18-12)19-14-10-6-3-7-11-14/h2-11H,1H3,(H,17,18,19,20). The van der Waals surface area contributed by atoms with E-state index in [1.807, 2.05) is 67.6 Å². The molecule has 0 saturated carbocycles. The van der Waals surface area contributed by atoms with Gasteiger partial charge in [-0.25, -0.2) is 4.98 Å². The number of para-hydroxylation sites is 1. The molecule has 3 rings (SSSR count). The Hall–Kier alpha value is -2.75. The zero-order chi connectivity index (χ0) is 13.8. The second kappa shape index (κ2) is 5.48. The fourth-order valence-corrected chi connectivity index (χ4v) is 1.90. The number of anilines is 2. The highest BCUT2D eigenvalue weighted by Crippen LogP contribution is 2.17. The quantitative estimate of drug-likeness (QED) is 0.783. The van der Waals surface area contributed by atoms with Gasteiger partial charge in [0.2, 0.25) is 5.95 Å². The van der Waals surface area contributed by atoms with Gasteiger partial charge in [-0.2, -0.15) is 9.97 Å². The van der Waals surface area contributed by atoms with Gasteiger partial charge in [-0.3, -0.25) is 0 Å². The maximum Gasteiger partial charge on any atom is 0.231 e. The molecule has 0 spiro atoms. The molecule has 0 aliphatic heterocycles. The molecule has 0 radical (unpaired) electrons. The number of benzene rings is 2. The molecule has 0 saturated heterocycles. The first-order valence-electron chi connectivity index (χ1n) is 6.41. The number of nitrogens with zero attached hydrogens (tertiary/aromatic N) is 3. The van der Waals surface area contributed by atoms with E-state index in [0.717, 1.165) is 11.3 Å². The van der Waals surface area contributed by atoms with Crippen LogP contribution in [0.25, 0.3) is 11.4 Å². The van der Waals surface area contributed by atoms with Crippen molar-refractivity contribution in [2.24, 2.45) is 0 Å². The minimum atomic E-state index is 0.558. The summed E-state index contributed by atoms with van der Waals surface area (Å²) in [6, 6.07) is 19.7. The third kappa shape index (κ3) is 2.80. The lowest BCUT2D eigenvalue weighted by molar-refractivity contribution is 0.990. The van der Waals surface area contributed by atoms with Crippen molar-refractivity contribution in [3.05, 3.63) is 66.5 Å². The molecule has 0 aliphatic carbocycles. The molecule has 4 heteroatoms. The predicted molar refractivity (Wildman–Crippen MR) is 79.7 cm³/mol. The van der Waals surface area contributed by atoms with Gasteiger partial charge in [0, 0.05) is 11.3 Å². The van der Waals surface area contributed by atoms with E-state index in [2.05, 4.69) is 20.3 Å². The van der Waals surface area contributed by atoms with E-state index in [1.54, 1.807) is 0 Å². The average molecular weight is 262 g/mol. The summed E-state index contributed by atoms with van der Waals surface area (Å²) in [5.74, 6) is 1.93. The van der Waals surface area contributed by atoms with Crippen LogP contribution in [-0.2, 0) is 0 Å². The maximum atomic E-state index is 4.47. The fraction of sp³-hybridized carbons (Fsp3) is 0.0625. The molecule has 0 bridgehead atoms. The first-order valence-corrected chi connectivity index (χ1v) is 6.41. The molecule has 0 unspecified atom stereocenters. The molecule has 1 aromatic heterocycles. The molecular formula is C16H14N4. The van der Waals surface area contributed by atoms with Gasteiger partial charge >= 0.3 is 0 Å². The average Bonchev–Trinajstić information content (AvgIpc) is 2.49. The molecule has 98 valence electrons. The van der Waals surface area contributed by atoms with Crippen LogP contribution in [-0.4, -0.2) is 15.0 Å². The number of aryl methyl sites for hydroxylation is 1. The summed E-state index contributed by atoms with van der Waals surface area (Å²) in [6.07, 6.45) is 0. The number of hydrogen-bond acceptors (Lipinski definition) is 4. The van der Waals surface area contributed by atoms with E-state index < -0.39 is 0 Å². The second-order valence-corrected chi connectivity index (χ2v) is 4.39. The van der Waals surface area contributed by atoms with Crippen LogP contribution in [0.1, 0.15) is 5.82 Å². The lowest BCUT2D eigenvalue weighted by Crippen LogP contribution is -2.02. The van der Waals surface area contributed by atoms with Gasteiger partial charge in [-0.15, -0.1) is 0 Å². The highest BCUT2D eigenvalue weighted by molar-refractivity contribution is 5.58. The number of hydrogen-bond donors (Lipinski definition) is 1. The summed E-state index contributed by atoms with van der Waals surface area (Å²) < 4.78 is 0. The van der Waals surface area contributed by atoms with Gasteiger partial charge in [-0.1, -0.05) is 48.5 Å². The minimum Gasteiger partial charge on any atom is -0.324 e. The van der Waals surface area contributed by atoms with Crippen molar-refractivity contribution in [2.75, 3.05) is 5.32 Å². The SMILES string of the molecule is Cc1nc(Nc2ccccc2)nc(-c2ccccc2)n1. The molecule has 1 N–H and O–H groups in total. The van der Waals surface area contributed by atoms with E-state index in [-0.39, 0.29) is 0 Å². The maximum absolute atomic E-state index is 4.47. The van der Waals surface area contributed by atoms with Crippen molar-refractivity contribution in [3.8, 4) is 11.4 Å². The number of aromatic nitrogens is 3. The third-order valence-electron chi connectivity index (χ3n) is 2.81. The monoisotopic (exact) mass is 262 g/mol. The van der Waals surface area contributed by atoms with Crippen molar-refractivity contribution in [1.82, 2.24) is 15.0 Å². The third-order valence-corrected chi connectivity index (χ3v) is 2.81. The van der Waals surface area contributed by atoms with Crippen LogP contribution in [0, 0.1) is 6.92 Å². The molecule has 4 nitrogen and oxygen atoms in total. The van der Waals surface area contributed by atoms with E-state index in [0.29, 0.717) is 17.6 Å². The first-order chi connectivity index (χ1) is 9.81. The van der Waals surface area contributed by atoms with E-state index in [1.165, 1.54) is 0 Å². The summed E-state index contributed by atoms with van der Waals surface area (Å²) >= 11 is 0. The fourth-order valence-electron chi connectivity index (χ4n) is 1.90. The van der Waals surface area contributed by atoms with Gasteiger partial charge < -0.3 is 5.32 Å². The Morgan fingerprint density at radius 3 is 2.10 bits per heavy atom. The summed E-state index contributed by atoms with van der Waals surface area (Å²) in [4.78, 5) is 13.2. The van der Waals surface area contributed by atoms with Crippen LogP contribution in [0.4, 0.5) is 11.6 Å². The molecule has 20 heavy (non-hydrogen) atoms. The Bertz CT molecular complexity index is 696. The minimum absolute atomic E-state index is 0.558. The Balaban J connectivity index is 1.95. The zero-order valence-electron chi connectivity index (χ0n) is 11.1. The Kier molecular flexibility index (Phi) is 3.37. The van der Waals surface area contributed by atoms with Gasteiger partial charge in [0.05, 0.1) is 0 Å². The molecule has 0 amide bonds. The summed E-state index contributed by atoms with van der Waals surface area (Å²) in [7, 11) is 0. The Morgan fingerprint density at radius 1 is 0.750 bits per heavy atom. The number of rotatable bonds is 3. The Labute approximate surface area is 117 Å². The molecule has 2 aromatic carbocycles. The van der Waals surface area contributed by atoms with E-state index >= 15 is 0 Å². The number of nitrogens with one attached hydrogen (secondary N) is 1. The van der Waals surface area contributed by atoms with Crippen LogP contribution in [0.15, 0.2) is 60.7 Å². The highest BCUT2D eigenvalue weighted by atomic mass is 15.2. The molecule has 1 heterocycles. The molecule has 0 atom stereocenters. The molecule has 3 aromatic rings. The van der Waals surface area contributed by atoms with Crippen molar-refractivity contribution < 1.29 is 0 Å². The van der Waals surface area contributed by atoms with Gasteiger partial charge in [0.15, 0.2) is 5.82 Å². The summed E-state index contributed by atoms with van der Waals surface area (Å²) in [6.45, 7) is 1.87. The largest absolute Gasteiger partial charge is 0.324 e. The van der Waals surface area contributed by atoms with Gasteiger partial charge in [-0.05, 0) is 19.1 Å². The van der Waals surface area contributed by atoms with Crippen molar-refractivity contribution >= 4 is 11.6 Å². The van der Waals surface area contributed by atoms with Crippen molar-refractivity contribution in [2.45, 2.75) is 6.92 Å². The predicted octanol–water partition coefficient (Wildman–Crippen LogP) is 3.59. The lowest BCUT2D eigenvalue weighted by atomic mass is 10.2. The molecule has 0 aliphatic rings. The molecule has 0 fully saturated rings. The zero-order valence-corrected chi connectivity index (χ0v) is 11.1. The first kappa shape index (κ1) is 12.3. The van der Waals surface area contributed by atoms with Gasteiger partial charge in [0.25, 0.3) is 0 Å². The highest BCUT2D eigenvalue weighted by Gasteiger charge is 2.06. The van der Waals surface area contributed by atoms with Gasteiger partial charge in [0.1, 0.15) is 5.82 Å². The normalized spacial score (nSPS) is 10.2. The van der Waals surface area contributed by atoms with Crippen LogP contribution in [0.3, 0.4) is 0 Å². The summed E-state index contributed by atoms with van der Waals surface area (Å²) in [5.41, 5.74) is 1.94. The summed E-state index contributed by atoms with van der Waals surface area (Å²) in [5, 5.41) is 3.19. The molecular weight excluding hydrogens is 248 g/mol. The topological polar surface area (TPSA) is 50.7 Å². The van der Waals surface area contributed by atoms with E-state index in [4.69, 9.17) is 0 Å². The second-order valence-electron chi connectivity index (χ2n) is 4.39. The smallest absolute Gasteiger partial charge is 0.231 e. The van der Waals surface area contributed by atoms with Crippen LogP contribution >= 0.6 is 0 Å². The Morgan fingerprint density at radius 2 is 1.40 bits per heavy atom. The van der Waals surface area contributed by atoms with Crippen molar-refractivity contribution in [3.63, 3.8) is 0 Å². The van der Waals surface area contributed by atoms with Crippen LogP contribution in [0.5, 0.6) is 0 Å². The lowest BCUT2D eigenvalue weighted by Gasteiger charge is -2.07. The van der Waals surface area contributed by atoms with Crippen LogP contribution in [0.2, 0.25) is 0 Å². The van der Waals surface area contributed by atoms with E-state index in [9.17, 15) is 0 Å². The van der Waals surface area contributed by atoms with Crippen LogP contribution < -0.4 is 5.32 Å².